The number of aliphatic carboxylic acids is 1. The van der Waals surface area contributed by atoms with Gasteiger partial charge in [0.05, 0.1) is 5.41 Å². The van der Waals surface area contributed by atoms with Crippen LogP contribution in [-0.4, -0.2) is 11.1 Å². The van der Waals surface area contributed by atoms with Crippen LogP contribution in [0, 0.1) is 11.3 Å². The Morgan fingerprint density at radius 2 is 1.22 bits per heavy atom. The molecule has 0 fully saturated rings. The molecular weight excluding hydrogens is 286 g/mol. The summed E-state index contributed by atoms with van der Waals surface area (Å²) in [6.45, 7) is 8.21. The van der Waals surface area contributed by atoms with Gasteiger partial charge in [-0.25, -0.2) is 0 Å². The summed E-state index contributed by atoms with van der Waals surface area (Å²) in [6.07, 6.45) is 16.6. The molecule has 0 saturated heterocycles. The molecule has 1 atom stereocenters. The minimum absolute atomic E-state index is 0. The van der Waals surface area contributed by atoms with Crippen molar-refractivity contribution in [3.63, 3.8) is 0 Å². The van der Waals surface area contributed by atoms with Crippen molar-refractivity contribution in [1.29, 1.82) is 0 Å². The van der Waals surface area contributed by atoms with E-state index in [1.165, 1.54) is 64.2 Å². The van der Waals surface area contributed by atoms with Crippen LogP contribution in [0.5, 0.6) is 0 Å². The van der Waals surface area contributed by atoms with E-state index in [-0.39, 0.29) is 6.15 Å². The lowest BCUT2D eigenvalue weighted by Crippen LogP contribution is -2.32. The Balaban J connectivity index is 0. The van der Waals surface area contributed by atoms with Crippen molar-refractivity contribution in [2.45, 2.75) is 111 Å². The number of rotatable bonds is 15. The van der Waals surface area contributed by atoms with E-state index in [2.05, 4.69) is 13.8 Å². The van der Waals surface area contributed by atoms with Gasteiger partial charge >= 0.3 is 5.97 Å². The highest BCUT2D eigenvalue weighted by Gasteiger charge is 2.35. The van der Waals surface area contributed by atoms with Gasteiger partial charge in [-0.15, -0.1) is 0 Å². The number of carboxylic acid groups (broad SMARTS) is 1. The predicted molar refractivity (Wildman–Crippen MR) is 101 cm³/mol. The molecule has 0 aromatic carbocycles. The highest BCUT2D eigenvalue weighted by Crippen LogP contribution is 2.35. The molecule has 0 spiro atoms. The van der Waals surface area contributed by atoms with Crippen LogP contribution in [0.1, 0.15) is 111 Å². The maximum atomic E-state index is 11.4. The molecule has 140 valence electrons. The van der Waals surface area contributed by atoms with E-state index >= 15 is 0 Å². The fourth-order valence-corrected chi connectivity index (χ4v) is 3.27. The summed E-state index contributed by atoms with van der Waals surface area (Å²) in [5.74, 6) is -0.318. The Morgan fingerprint density at radius 3 is 1.61 bits per heavy atom. The zero-order chi connectivity index (χ0) is 16.8. The van der Waals surface area contributed by atoms with Gasteiger partial charge in [0.2, 0.25) is 0 Å². The molecular formula is C20H43NO2. The fraction of sp³-hybridized carbons (Fsp3) is 0.950. The number of hydrogen-bond donors (Lipinski definition) is 2. The van der Waals surface area contributed by atoms with Gasteiger partial charge < -0.3 is 11.3 Å². The second-order valence-corrected chi connectivity index (χ2v) is 7.48. The predicted octanol–water partition coefficient (Wildman–Crippen LogP) is 6.99. The van der Waals surface area contributed by atoms with E-state index in [1.54, 1.807) is 0 Å². The number of hydrogen-bond acceptors (Lipinski definition) is 2. The highest BCUT2D eigenvalue weighted by atomic mass is 16.4. The Morgan fingerprint density at radius 1 is 0.783 bits per heavy atom. The number of unbranched alkanes of at least 4 members (excludes halogenated alkanes) is 9. The molecule has 3 nitrogen and oxygen atoms in total. The van der Waals surface area contributed by atoms with Crippen molar-refractivity contribution in [3.8, 4) is 0 Å². The smallest absolute Gasteiger partial charge is 0.309 e. The van der Waals surface area contributed by atoms with E-state index in [9.17, 15) is 9.90 Å². The Labute approximate surface area is 145 Å². The van der Waals surface area contributed by atoms with E-state index in [0.29, 0.717) is 5.92 Å². The molecule has 4 N–H and O–H groups in total. The summed E-state index contributed by atoms with van der Waals surface area (Å²) in [4.78, 5) is 11.4. The molecule has 3 heteroatoms. The molecule has 0 amide bonds. The van der Waals surface area contributed by atoms with Crippen molar-refractivity contribution in [2.75, 3.05) is 0 Å². The number of carbonyl (C=O) groups is 1. The normalized spacial score (nSPS) is 12.7. The monoisotopic (exact) mass is 329 g/mol. The lowest BCUT2D eigenvalue weighted by atomic mass is 9.74. The van der Waals surface area contributed by atoms with E-state index < -0.39 is 11.4 Å². The lowest BCUT2D eigenvalue weighted by Gasteiger charge is -2.30. The zero-order valence-electron chi connectivity index (χ0n) is 16.3. The molecule has 1 unspecified atom stereocenters. The summed E-state index contributed by atoms with van der Waals surface area (Å²) >= 11 is 0. The topological polar surface area (TPSA) is 72.3 Å². The zero-order valence-corrected chi connectivity index (χ0v) is 16.3. The van der Waals surface area contributed by atoms with Crippen molar-refractivity contribution >= 4 is 5.97 Å². The molecule has 0 heterocycles. The third kappa shape index (κ3) is 11.6. The largest absolute Gasteiger partial charge is 0.481 e. The molecule has 0 rings (SSSR count). The van der Waals surface area contributed by atoms with Crippen LogP contribution in [0.15, 0.2) is 0 Å². The van der Waals surface area contributed by atoms with Crippen LogP contribution >= 0.6 is 0 Å². The van der Waals surface area contributed by atoms with Gasteiger partial charge in [-0.3, -0.25) is 4.79 Å². The molecule has 0 radical (unpaired) electrons. The van der Waals surface area contributed by atoms with Crippen LogP contribution in [0.4, 0.5) is 0 Å². The maximum absolute atomic E-state index is 11.4. The maximum Gasteiger partial charge on any atom is 0.309 e. The van der Waals surface area contributed by atoms with Gasteiger partial charge in [0.25, 0.3) is 0 Å². The third-order valence-electron chi connectivity index (χ3n) is 5.12. The third-order valence-corrected chi connectivity index (χ3v) is 5.12. The minimum atomic E-state index is -0.641. The lowest BCUT2D eigenvalue weighted by molar-refractivity contribution is -0.150. The fourth-order valence-electron chi connectivity index (χ4n) is 3.27. The quantitative estimate of drug-likeness (QED) is 0.318. The Hall–Kier alpha value is -0.570. The Kier molecular flexibility index (Phi) is 16.1. The summed E-state index contributed by atoms with van der Waals surface area (Å²) in [7, 11) is 0. The molecule has 0 aliphatic heterocycles. The summed E-state index contributed by atoms with van der Waals surface area (Å²) in [6, 6.07) is 0. The first-order chi connectivity index (χ1) is 10.5. The molecule has 0 aromatic rings. The van der Waals surface area contributed by atoms with Gasteiger partial charge in [-0.1, -0.05) is 84.5 Å². The van der Waals surface area contributed by atoms with Gasteiger partial charge in [0.15, 0.2) is 0 Å². The average Bonchev–Trinajstić information content (AvgIpc) is 2.47. The van der Waals surface area contributed by atoms with E-state index in [4.69, 9.17) is 0 Å². The number of carboxylic acids is 1. The molecule has 0 saturated carbocycles. The SMILES string of the molecule is CCCCCCCCCCCCC(CCC)C(C)(C)C(=O)O.N. The highest BCUT2D eigenvalue weighted by molar-refractivity contribution is 5.74. The van der Waals surface area contributed by atoms with Crippen LogP contribution in [0.25, 0.3) is 0 Å². The molecule has 0 aliphatic rings. The molecule has 0 aromatic heterocycles. The van der Waals surface area contributed by atoms with Crippen molar-refractivity contribution in [1.82, 2.24) is 6.15 Å². The second-order valence-electron chi connectivity index (χ2n) is 7.48. The van der Waals surface area contributed by atoms with Gasteiger partial charge in [0, 0.05) is 0 Å². The minimum Gasteiger partial charge on any atom is -0.481 e. The first-order valence-electron chi connectivity index (χ1n) is 9.70. The summed E-state index contributed by atoms with van der Waals surface area (Å²) in [5.41, 5.74) is -0.574. The standard InChI is InChI=1S/C20H40O2.H3N/c1-5-7-8-9-10-11-12-13-14-15-17-18(16-6-2)20(3,4)19(21)22;/h18H,5-17H2,1-4H3,(H,21,22);1H3. The van der Waals surface area contributed by atoms with E-state index in [1.807, 2.05) is 13.8 Å². The van der Waals surface area contributed by atoms with E-state index in [0.717, 1.165) is 19.3 Å². The van der Waals surface area contributed by atoms with Crippen LogP contribution in [0.2, 0.25) is 0 Å². The van der Waals surface area contributed by atoms with Crippen molar-refractivity contribution < 1.29 is 9.90 Å². The van der Waals surface area contributed by atoms with Crippen LogP contribution < -0.4 is 6.15 Å². The summed E-state index contributed by atoms with van der Waals surface area (Å²) in [5, 5.41) is 9.40. The average molecular weight is 330 g/mol. The van der Waals surface area contributed by atoms with Crippen molar-refractivity contribution in [3.05, 3.63) is 0 Å². The first kappa shape index (κ1) is 24.7. The molecule has 23 heavy (non-hydrogen) atoms. The van der Waals surface area contributed by atoms with Crippen LogP contribution in [-0.2, 0) is 4.79 Å². The Bertz CT molecular complexity index is 277. The molecule has 0 aliphatic carbocycles. The van der Waals surface area contributed by atoms with Gasteiger partial charge in [-0.05, 0) is 32.6 Å². The summed E-state index contributed by atoms with van der Waals surface area (Å²) < 4.78 is 0. The van der Waals surface area contributed by atoms with Gasteiger partial charge in [-0.2, -0.15) is 0 Å². The second kappa shape index (κ2) is 15.0. The van der Waals surface area contributed by atoms with Crippen LogP contribution in [0.3, 0.4) is 0 Å². The molecule has 0 bridgehead atoms. The first-order valence-corrected chi connectivity index (χ1v) is 9.70. The van der Waals surface area contributed by atoms with Crippen molar-refractivity contribution in [2.24, 2.45) is 11.3 Å². The van der Waals surface area contributed by atoms with Gasteiger partial charge in [0.1, 0.15) is 0 Å².